The minimum atomic E-state index is -0.648. The Morgan fingerprint density at radius 1 is 1.48 bits per heavy atom. The van der Waals surface area contributed by atoms with Crippen molar-refractivity contribution in [2.75, 3.05) is 19.5 Å². The first-order valence-electron chi connectivity index (χ1n) is 6.92. The fraction of sp³-hybridized carbons (Fsp3) is 0.333. The molecule has 1 heterocycles. The molecule has 0 saturated heterocycles. The summed E-state index contributed by atoms with van der Waals surface area (Å²) in [6.07, 6.45) is 3.24. The zero-order valence-corrected chi connectivity index (χ0v) is 15.7. The summed E-state index contributed by atoms with van der Waals surface area (Å²) in [6, 6.07) is 5.43. The lowest BCUT2D eigenvalue weighted by Crippen LogP contribution is -2.24. The van der Waals surface area contributed by atoms with Crippen LogP contribution in [0, 0.1) is 3.57 Å². The molecule has 0 aliphatic rings. The summed E-state index contributed by atoms with van der Waals surface area (Å²) in [7, 11) is 6.15. The molecule has 0 aliphatic heterocycles. The first-order chi connectivity index (χ1) is 11.0. The predicted molar refractivity (Wildman–Crippen MR) is 101 cm³/mol. The van der Waals surface area contributed by atoms with Crippen molar-refractivity contribution >= 4 is 59.4 Å². The van der Waals surface area contributed by atoms with Gasteiger partial charge in [0.2, 0.25) is 5.43 Å². The molecule has 1 atom stereocenters. The second kappa shape index (κ2) is 8.21. The number of esters is 1. The van der Waals surface area contributed by atoms with Crippen LogP contribution in [0.3, 0.4) is 0 Å². The van der Waals surface area contributed by atoms with Crippen LogP contribution in [-0.2, 0) is 8.92 Å². The molecule has 2 radical (unpaired) electrons. The number of carbonyl (C=O) groups is 1. The van der Waals surface area contributed by atoms with Gasteiger partial charge >= 0.3 is 5.97 Å². The molecule has 0 unspecified atom stereocenters. The first-order valence-corrected chi connectivity index (χ1v) is 9.15. The maximum absolute atomic E-state index is 12.6. The van der Waals surface area contributed by atoms with Gasteiger partial charge in [0.15, 0.2) is 0 Å². The summed E-state index contributed by atoms with van der Waals surface area (Å²) in [6.45, 7) is 2.14. The van der Waals surface area contributed by atoms with Gasteiger partial charge in [-0.1, -0.05) is 0 Å². The fourth-order valence-corrected chi connectivity index (χ4v) is 2.94. The molecule has 5 nitrogen and oxygen atoms in total. The maximum atomic E-state index is 12.6. The van der Waals surface area contributed by atoms with E-state index in [1.54, 1.807) is 23.8 Å². The van der Waals surface area contributed by atoms with Crippen LogP contribution in [0.15, 0.2) is 29.2 Å². The number of pyridine rings is 1. The summed E-state index contributed by atoms with van der Waals surface area (Å²) in [5.74, 6) is -1.18. The Morgan fingerprint density at radius 3 is 2.87 bits per heavy atom. The third-order valence-corrected chi connectivity index (χ3v) is 4.25. The van der Waals surface area contributed by atoms with Gasteiger partial charge in [0.1, 0.15) is 13.4 Å². The van der Waals surface area contributed by atoms with E-state index in [1.807, 2.05) is 12.1 Å². The Bertz CT molecular complexity index is 780. The van der Waals surface area contributed by atoms with E-state index in [-0.39, 0.29) is 24.2 Å². The van der Waals surface area contributed by atoms with Crippen molar-refractivity contribution in [3.63, 3.8) is 0 Å². The van der Waals surface area contributed by atoms with E-state index in [4.69, 9.17) is 16.8 Å². The van der Waals surface area contributed by atoms with Crippen LogP contribution in [0.5, 0.6) is 0 Å². The van der Waals surface area contributed by atoms with Crippen molar-refractivity contribution in [3.8, 4) is 0 Å². The molecular formula is C15H15BINO4S. The highest BCUT2D eigenvalue weighted by Crippen LogP contribution is 2.20. The van der Waals surface area contributed by atoms with Gasteiger partial charge in [-0.15, -0.1) is 0 Å². The number of rotatable bonds is 6. The van der Waals surface area contributed by atoms with Gasteiger partial charge in [-0.05, 0) is 59.8 Å². The second-order valence-electron chi connectivity index (χ2n) is 4.68. The van der Waals surface area contributed by atoms with Crippen molar-refractivity contribution in [3.05, 3.63) is 43.8 Å². The van der Waals surface area contributed by atoms with Crippen molar-refractivity contribution in [2.45, 2.75) is 12.9 Å². The highest BCUT2D eigenvalue weighted by Gasteiger charge is 2.18. The number of fused-ring (bicyclic) bond motifs is 1. The van der Waals surface area contributed by atoms with E-state index in [2.05, 4.69) is 22.6 Å². The fourth-order valence-electron chi connectivity index (χ4n) is 2.17. The topological polar surface area (TPSA) is 57.5 Å². The van der Waals surface area contributed by atoms with Crippen LogP contribution in [0.4, 0.5) is 0 Å². The first kappa shape index (κ1) is 18.3. The minimum Gasteiger partial charge on any atom is -0.462 e. The SMILES string of the molecule is [B][C@@H](COSC)n1cc(C(=O)OCC)c(=O)c2cc(I)ccc21. The Hall–Kier alpha value is -0.995. The minimum absolute atomic E-state index is 0.0269. The Balaban J connectivity index is 2.66. The Labute approximate surface area is 153 Å². The molecule has 2 aromatic rings. The van der Waals surface area contributed by atoms with E-state index in [0.717, 1.165) is 3.57 Å². The van der Waals surface area contributed by atoms with E-state index < -0.39 is 11.9 Å². The Morgan fingerprint density at radius 2 is 2.22 bits per heavy atom. The zero-order valence-electron chi connectivity index (χ0n) is 12.7. The van der Waals surface area contributed by atoms with Gasteiger partial charge < -0.3 is 13.5 Å². The molecular weight excluding hydrogens is 428 g/mol. The van der Waals surface area contributed by atoms with Crippen LogP contribution in [0.25, 0.3) is 10.9 Å². The molecule has 1 aromatic carbocycles. The molecule has 120 valence electrons. The van der Waals surface area contributed by atoms with E-state index in [1.165, 1.54) is 18.2 Å². The zero-order chi connectivity index (χ0) is 17.0. The van der Waals surface area contributed by atoms with Crippen molar-refractivity contribution in [1.29, 1.82) is 0 Å². The van der Waals surface area contributed by atoms with Crippen molar-refractivity contribution in [1.82, 2.24) is 4.57 Å². The molecule has 2 rings (SSSR count). The van der Waals surface area contributed by atoms with Gasteiger partial charge in [-0.3, -0.25) is 4.79 Å². The molecule has 0 N–H and O–H groups in total. The van der Waals surface area contributed by atoms with E-state index in [0.29, 0.717) is 10.9 Å². The Kier molecular flexibility index (Phi) is 6.55. The smallest absolute Gasteiger partial charge is 0.343 e. The maximum Gasteiger partial charge on any atom is 0.343 e. The number of nitrogens with zero attached hydrogens (tertiary/aromatic N) is 1. The van der Waals surface area contributed by atoms with Gasteiger partial charge in [-0.2, -0.15) is 0 Å². The molecule has 23 heavy (non-hydrogen) atoms. The molecule has 8 heteroatoms. The predicted octanol–water partition coefficient (Wildman–Crippen LogP) is 2.74. The highest BCUT2D eigenvalue weighted by molar-refractivity contribution is 14.1. The van der Waals surface area contributed by atoms with Crippen LogP contribution in [-0.4, -0.2) is 37.9 Å². The summed E-state index contributed by atoms with van der Waals surface area (Å²) < 4.78 is 12.8. The molecule has 1 aromatic heterocycles. The molecule has 0 spiro atoms. The normalized spacial score (nSPS) is 12.3. The molecule has 0 saturated carbocycles. The summed E-state index contributed by atoms with van der Waals surface area (Å²) in [5, 5.41) is 0.432. The monoisotopic (exact) mass is 443 g/mol. The second-order valence-corrected chi connectivity index (χ2v) is 6.49. The summed E-state index contributed by atoms with van der Waals surface area (Å²) in [5.41, 5.74) is 0.271. The number of benzene rings is 1. The number of hydrogen-bond acceptors (Lipinski definition) is 5. The number of aromatic nitrogens is 1. The lowest BCUT2D eigenvalue weighted by Gasteiger charge is -2.20. The van der Waals surface area contributed by atoms with Gasteiger partial charge in [0.25, 0.3) is 0 Å². The van der Waals surface area contributed by atoms with E-state index in [9.17, 15) is 9.59 Å². The standard InChI is InChI=1S/C15H15BINO4S/c1-3-21-15(20)11-7-18(13(16)8-22-23-2)12-5-4-9(17)6-10(12)14(11)19/h4-7,13H,3,8H2,1-2H3/t13-/m1/s1. The number of ether oxygens (including phenoxy) is 1. The number of carbonyl (C=O) groups excluding carboxylic acids is 1. The average molecular weight is 443 g/mol. The van der Waals surface area contributed by atoms with Gasteiger partial charge in [0, 0.05) is 27.4 Å². The largest absolute Gasteiger partial charge is 0.462 e. The van der Waals surface area contributed by atoms with Crippen LogP contribution in [0.2, 0.25) is 0 Å². The van der Waals surface area contributed by atoms with E-state index >= 15 is 0 Å². The lowest BCUT2D eigenvalue weighted by molar-refractivity contribution is 0.0524. The number of halogens is 1. The third kappa shape index (κ3) is 4.10. The molecule has 0 aliphatic carbocycles. The molecule has 0 fully saturated rings. The summed E-state index contributed by atoms with van der Waals surface area (Å²) >= 11 is 3.32. The van der Waals surface area contributed by atoms with Gasteiger partial charge in [-0.25, -0.2) is 4.79 Å². The third-order valence-electron chi connectivity index (χ3n) is 3.20. The quantitative estimate of drug-likeness (QED) is 0.298. The number of hydrogen-bond donors (Lipinski definition) is 0. The van der Waals surface area contributed by atoms with Crippen LogP contribution >= 0.6 is 34.6 Å². The van der Waals surface area contributed by atoms with Gasteiger partial charge in [0.05, 0.1) is 18.7 Å². The average Bonchev–Trinajstić information content (AvgIpc) is 2.53. The van der Waals surface area contributed by atoms with Crippen LogP contribution < -0.4 is 5.43 Å². The van der Waals surface area contributed by atoms with Crippen LogP contribution in [0.1, 0.15) is 23.2 Å². The van der Waals surface area contributed by atoms with Crippen molar-refractivity contribution < 1.29 is 13.7 Å². The van der Waals surface area contributed by atoms with Crippen molar-refractivity contribution in [2.24, 2.45) is 0 Å². The molecule has 0 amide bonds. The molecule has 0 bridgehead atoms. The summed E-state index contributed by atoms with van der Waals surface area (Å²) in [4.78, 5) is 24.7. The highest BCUT2D eigenvalue weighted by atomic mass is 127. The lowest BCUT2D eigenvalue weighted by atomic mass is 9.96.